The average Bonchev–Trinajstić information content (AvgIpc) is 2.06. The standard InChI is InChI=1S/C10H11ClO/c1-8(2)10(11,12)9-6-4-3-5-7-9/h3-7,12H,1H2,2H3. The van der Waals surface area contributed by atoms with Crippen LogP contribution in [0.4, 0.5) is 0 Å². The quantitative estimate of drug-likeness (QED) is 0.551. The molecule has 0 saturated heterocycles. The van der Waals surface area contributed by atoms with Gasteiger partial charge in [0.25, 0.3) is 0 Å². The van der Waals surface area contributed by atoms with Crippen LogP contribution in [0.2, 0.25) is 0 Å². The number of hydrogen-bond acceptors (Lipinski definition) is 1. The van der Waals surface area contributed by atoms with Crippen LogP contribution in [0.3, 0.4) is 0 Å². The summed E-state index contributed by atoms with van der Waals surface area (Å²) in [6.45, 7) is 5.32. The molecule has 1 N–H and O–H groups in total. The molecule has 2 heteroatoms. The zero-order valence-corrected chi connectivity index (χ0v) is 7.67. The van der Waals surface area contributed by atoms with Crippen molar-refractivity contribution >= 4 is 11.6 Å². The lowest BCUT2D eigenvalue weighted by atomic mass is 10.0. The molecule has 1 aromatic carbocycles. The van der Waals surface area contributed by atoms with Crippen LogP contribution < -0.4 is 0 Å². The SMILES string of the molecule is C=C(C)C(O)(Cl)c1ccccc1. The molecule has 1 aromatic rings. The number of alkyl halides is 1. The van der Waals surface area contributed by atoms with E-state index in [9.17, 15) is 5.11 Å². The van der Waals surface area contributed by atoms with Gasteiger partial charge >= 0.3 is 0 Å². The van der Waals surface area contributed by atoms with E-state index in [4.69, 9.17) is 11.6 Å². The Morgan fingerprint density at radius 3 is 2.33 bits per heavy atom. The Kier molecular flexibility index (Phi) is 2.55. The lowest BCUT2D eigenvalue weighted by Crippen LogP contribution is -2.18. The summed E-state index contributed by atoms with van der Waals surface area (Å²) in [4.78, 5) is 0. The van der Waals surface area contributed by atoms with Gasteiger partial charge in [-0.25, -0.2) is 0 Å². The Balaban J connectivity index is 3.06. The van der Waals surface area contributed by atoms with Crippen molar-refractivity contribution in [3.05, 3.63) is 48.0 Å². The van der Waals surface area contributed by atoms with Gasteiger partial charge in [-0.15, -0.1) is 0 Å². The van der Waals surface area contributed by atoms with Crippen molar-refractivity contribution in [2.24, 2.45) is 0 Å². The maximum absolute atomic E-state index is 9.73. The molecular formula is C10H11ClO. The summed E-state index contributed by atoms with van der Waals surface area (Å²) in [5.41, 5.74) is 1.18. The second-order valence-electron chi connectivity index (χ2n) is 2.77. The Bertz CT molecular complexity index is 277. The zero-order chi connectivity index (χ0) is 9.19. The summed E-state index contributed by atoms with van der Waals surface area (Å²) in [6, 6.07) is 9.05. The smallest absolute Gasteiger partial charge is 0.186 e. The maximum Gasteiger partial charge on any atom is 0.186 e. The Hall–Kier alpha value is -0.790. The van der Waals surface area contributed by atoms with Crippen molar-refractivity contribution in [3.8, 4) is 0 Å². The minimum Gasteiger partial charge on any atom is -0.367 e. The highest BCUT2D eigenvalue weighted by Gasteiger charge is 2.26. The molecule has 1 nitrogen and oxygen atoms in total. The molecule has 1 atom stereocenters. The predicted molar refractivity (Wildman–Crippen MR) is 51.0 cm³/mol. The lowest BCUT2D eigenvalue weighted by molar-refractivity contribution is 0.169. The molecule has 0 bridgehead atoms. The van der Waals surface area contributed by atoms with E-state index in [0.29, 0.717) is 11.1 Å². The summed E-state index contributed by atoms with van der Waals surface area (Å²) >= 11 is 5.85. The van der Waals surface area contributed by atoms with Gasteiger partial charge in [-0.2, -0.15) is 0 Å². The number of rotatable bonds is 2. The monoisotopic (exact) mass is 182 g/mol. The summed E-state index contributed by atoms with van der Waals surface area (Å²) in [5.74, 6) is 0. The van der Waals surface area contributed by atoms with E-state index in [1.807, 2.05) is 18.2 Å². The van der Waals surface area contributed by atoms with E-state index in [1.165, 1.54) is 0 Å². The van der Waals surface area contributed by atoms with Gasteiger partial charge in [0.2, 0.25) is 0 Å². The maximum atomic E-state index is 9.73. The third-order valence-electron chi connectivity index (χ3n) is 1.72. The Morgan fingerprint density at radius 2 is 1.92 bits per heavy atom. The van der Waals surface area contributed by atoms with E-state index >= 15 is 0 Å². The van der Waals surface area contributed by atoms with E-state index in [0.717, 1.165) is 0 Å². The summed E-state index contributed by atoms with van der Waals surface area (Å²) in [6.07, 6.45) is 0. The molecule has 0 aliphatic carbocycles. The van der Waals surface area contributed by atoms with Crippen molar-refractivity contribution in [1.82, 2.24) is 0 Å². The first-order chi connectivity index (χ1) is 5.55. The Morgan fingerprint density at radius 1 is 1.42 bits per heavy atom. The zero-order valence-electron chi connectivity index (χ0n) is 6.92. The van der Waals surface area contributed by atoms with E-state index in [1.54, 1.807) is 19.1 Å². The number of benzene rings is 1. The second-order valence-corrected chi connectivity index (χ2v) is 3.32. The molecule has 0 spiro atoms. The first kappa shape index (κ1) is 9.30. The second kappa shape index (κ2) is 3.30. The van der Waals surface area contributed by atoms with Gasteiger partial charge in [0.15, 0.2) is 5.06 Å². The van der Waals surface area contributed by atoms with Crippen molar-refractivity contribution in [3.63, 3.8) is 0 Å². The minimum atomic E-state index is -1.43. The minimum absolute atomic E-state index is 0.523. The molecular weight excluding hydrogens is 172 g/mol. The van der Waals surface area contributed by atoms with Crippen LogP contribution in [-0.4, -0.2) is 5.11 Å². The third kappa shape index (κ3) is 1.68. The highest BCUT2D eigenvalue weighted by molar-refractivity contribution is 6.24. The van der Waals surface area contributed by atoms with Gasteiger partial charge in [-0.05, 0) is 12.5 Å². The fraction of sp³-hybridized carbons (Fsp3) is 0.200. The molecule has 1 rings (SSSR count). The molecule has 0 aliphatic rings. The molecule has 0 amide bonds. The van der Waals surface area contributed by atoms with E-state index < -0.39 is 5.06 Å². The molecule has 0 saturated carbocycles. The van der Waals surface area contributed by atoms with Crippen molar-refractivity contribution in [1.29, 1.82) is 0 Å². The molecule has 0 aliphatic heterocycles. The first-order valence-electron chi connectivity index (χ1n) is 3.68. The van der Waals surface area contributed by atoms with Crippen LogP contribution >= 0.6 is 11.6 Å². The predicted octanol–water partition coefficient (Wildman–Crippen LogP) is 2.65. The van der Waals surface area contributed by atoms with Gasteiger partial charge < -0.3 is 5.11 Å². The van der Waals surface area contributed by atoms with Crippen molar-refractivity contribution in [2.75, 3.05) is 0 Å². The van der Waals surface area contributed by atoms with Gasteiger partial charge in [-0.3, -0.25) is 0 Å². The van der Waals surface area contributed by atoms with E-state index in [-0.39, 0.29) is 0 Å². The number of halogens is 1. The summed E-state index contributed by atoms with van der Waals surface area (Å²) in [5, 5.41) is 8.30. The topological polar surface area (TPSA) is 20.2 Å². The third-order valence-corrected chi connectivity index (χ3v) is 2.26. The van der Waals surface area contributed by atoms with Crippen LogP contribution in [0.25, 0.3) is 0 Å². The Labute approximate surface area is 77.3 Å². The fourth-order valence-corrected chi connectivity index (χ4v) is 1.03. The molecule has 0 fully saturated rings. The van der Waals surface area contributed by atoms with Crippen LogP contribution in [0.15, 0.2) is 42.5 Å². The molecule has 0 aromatic heterocycles. The normalized spacial score (nSPS) is 15.2. The van der Waals surface area contributed by atoms with E-state index in [2.05, 4.69) is 6.58 Å². The molecule has 64 valence electrons. The molecule has 0 radical (unpaired) electrons. The first-order valence-corrected chi connectivity index (χ1v) is 4.05. The van der Waals surface area contributed by atoms with Gasteiger partial charge in [-0.1, -0.05) is 48.5 Å². The summed E-state index contributed by atoms with van der Waals surface area (Å²) < 4.78 is 0. The van der Waals surface area contributed by atoms with Crippen LogP contribution in [0.1, 0.15) is 12.5 Å². The van der Waals surface area contributed by atoms with Crippen LogP contribution in [-0.2, 0) is 5.06 Å². The van der Waals surface area contributed by atoms with Gasteiger partial charge in [0.1, 0.15) is 0 Å². The fourth-order valence-electron chi connectivity index (χ4n) is 0.905. The number of aliphatic hydroxyl groups is 1. The molecule has 1 unspecified atom stereocenters. The van der Waals surface area contributed by atoms with Crippen molar-refractivity contribution in [2.45, 2.75) is 12.0 Å². The van der Waals surface area contributed by atoms with Gasteiger partial charge in [0.05, 0.1) is 0 Å². The molecule has 12 heavy (non-hydrogen) atoms. The highest BCUT2D eigenvalue weighted by atomic mass is 35.5. The largest absolute Gasteiger partial charge is 0.367 e. The lowest BCUT2D eigenvalue weighted by Gasteiger charge is -2.20. The van der Waals surface area contributed by atoms with Crippen molar-refractivity contribution < 1.29 is 5.11 Å². The van der Waals surface area contributed by atoms with Crippen LogP contribution in [0.5, 0.6) is 0 Å². The summed E-state index contributed by atoms with van der Waals surface area (Å²) in [7, 11) is 0. The van der Waals surface area contributed by atoms with Crippen LogP contribution in [0, 0.1) is 0 Å². The number of hydrogen-bond donors (Lipinski definition) is 1. The average molecular weight is 183 g/mol. The van der Waals surface area contributed by atoms with Gasteiger partial charge in [0, 0.05) is 5.56 Å². The highest BCUT2D eigenvalue weighted by Crippen LogP contribution is 2.31. The molecule has 0 heterocycles.